The number of nitriles is 2. The number of aromatic nitrogens is 1. The van der Waals surface area contributed by atoms with Gasteiger partial charge in [-0.15, -0.1) is 11.8 Å². The topological polar surface area (TPSA) is 72.5 Å². The second-order valence-electron chi connectivity index (χ2n) is 12.6. The number of pyridine rings is 1. The van der Waals surface area contributed by atoms with E-state index in [2.05, 4.69) is 132 Å². The lowest BCUT2D eigenvalue weighted by Crippen LogP contribution is -2.17. The molecule has 0 bridgehead atoms. The van der Waals surface area contributed by atoms with E-state index in [4.69, 9.17) is 0 Å². The molecule has 2 aliphatic heterocycles. The number of thioether (sulfide) groups is 1. The Kier molecular flexibility index (Phi) is 7.01. The van der Waals surface area contributed by atoms with Crippen LogP contribution in [0.25, 0.3) is 44.2 Å². The van der Waals surface area contributed by atoms with Crippen molar-refractivity contribution in [3.05, 3.63) is 179 Å². The van der Waals surface area contributed by atoms with Crippen LogP contribution in [0, 0.1) is 22.7 Å². The molecule has 0 fully saturated rings. The highest BCUT2D eigenvalue weighted by molar-refractivity contribution is 8.00. The summed E-state index contributed by atoms with van der Waals surface area (Å²) in [7, 11) is 0. The molecule has 5 heteroatoms. The van der Waals surface area contributed by atoms with Crippen molar-refractivity contribution in [1.29, 1.82) is 10.5 Å². The summed E-state index contributed by atoms with van der Waals surface area (Å²) in [6.07, 6.45) is 9.83. The molecule has 230 valence electrons. The van der Waals surface area contributed by atoms with Gasteiger partial charge in [-0.3, -0.25) is 4.98 Å². The van der Waals surface area contributed by atoms with Gasteiger partial charge in [0.1, 0.15) is 6.07 Å². The van der Waals surface area contributed by atoms with E-state index in [0.29, 0.717) is 12.1 Å². The highest BCUT2D eigenvalue weighted by Gasteiger charge is 2.39. The Morgan fingerprint density at radius 3 is 2.24 bits per heavy atom. The molecular formula is C44H28N4S. The highest BCUT2D eigenvalue weighted by Crippen LogP contribution is 2.57. The van der Waals surface area contributed by atoms with E-state index in [1.165, 1.54) is 54.6 Å². The van der Waals surface area contributed by atoms with E-state index in [1.807, 2.05) is 36.3 Å². The molecule has 2 unspecified atom stereocenters. The van der Waals surface area contributed by atoms with E-state index in [1.54, 1.807) is 6.20 Å². The molecule has 6 aromatic rings. The van der Waals surface area contributed by atoms with Gasteiger partial charge in [-0.25, -0.2) is 0 Å². The molecule has 0 radical (unpaired) electrons. The maximum absolute atomic E-state index is 9.39. The number of nitrogens with zero attached hydrogens (tertiary/aromatic N) is 3. The fourth-order valence-corrected chi connectivity index (χ4v) is 8.99. The molecule has 0 spiro atoms. The quantitative estimate of drug-likeness (QED) is 0.207. The van der Waals surface area contributed by atoms with Gasteiger partial charge in [0.15, 0.2) is 0 Å². The van der Waals surface area contributed by atoms with E-state index in [9.17, 15) is 10.5 Å². The van der Waals surface area contributed by atoms with Gasteiger partial charge in [-0.1, -0.05) is 103 Å². The Bertz CT molecular complexity index is 2490. The number of fused-ring (bicyclic) bond motifs is 7. The van der Waals surface area contributed by atoms with Crippen molar-refractivity contribution in [2.45, 2.75) is 16.1 Å². The average molecular weight is 645 g/mol. The van der Waals surface area contributed by atoms with E-state index in [0.717, 1.165) is 27.8 Å². The van der Waals surface area contributed by atoms with Crippen molar-refractivity contribution in [3.63, 3.8) is 0 Å². The summed E-state index contributed by atoms with van der Waals surface area (Å²) in [4.78, 5) is 5.59. The van der Waals surface area contributed by atoms with Crippen molar-refractivity contribution in [2.75, 3.05) is 6.54 Å². The highest BCUT2D eigenvalue weighted by atomic mass is 32.2. The summed E-state index contributed by atoms with van der Waals surface area (Å²) in [5.74, 6) is 0.257. The number of rotatable bonds is 4. The zero-order valence-electron chi connectivity index (χ0n) is 26.4. The van der Waals surface area contributed by atoms with E-state index < -0.39 is 0 Å². The minimum absolute atomic E-state index is 0.257. The molecule has 1 aromatic heterocycles. The summed E-state index contributed by atoms with van der Waals surface area (Å²) < 4.78 is 0. The largest absolute Gasteiger partial charge is 0.386 e. The van der Waals surface area contributed by atoms with Crippen LogP contribution in [0.3, 0.4) is 0 Å². The number of allylic oxidation sites excluding steroid dienone is 2. The Hall–Kier alpha value is -6.14. The van der Waals surface area contributed by atoms with Crippen LogP contribution in [0.4, 0.5) is 0 Å². The van der Waals surface area contributed by atoms with Gasteiger partial charge < -0.3 is 5.32 Å². The van der Waals surface area contributed by atoms with Crippen molar-refractivity contribution in [3.8, 4) is 34.4 Å². The van der Waals surface area contributed by atoms with Crippen LogP contribution in [0.5, 0.6) is 0 Å². The maximum Gasteiger partial charge on any atom is 0.101 e. The standard InChI is InChI=1S/C44H28N4S/c45-21-27-17-33(25-47-23-27)29-9-13-31(14-10-29)39-19-41-43(37-7-3-1-5-35(37)39)44-38-8-4-2-6-36(38)40(20-42(44)49-41)32-15-11-30(12-16-32)34-18-28(22-46)24-48-26-34/h1-20,23,25-26,41,43,48H,24H2. The van der Waals surface area contributed by atoms with Gasteiger partial charge >= 0.3 is 0 Å². The van der Waals surface area contributed by atoms with Gasteiger partial charge in [0.25, 0.3) is 0 Å². The van der Waals surface area contributed by atoms with Crippen LogP contribution in [0.1, 0.15) is 39.3 Å². The molecule has 1 aliphatic carbocycles. The first-order valence-electron chi connectivity index (χ1n) is 16.3. The lowest BCUT2D eigenvalue weighted by Gasteiger charge is -2.29. The molecule has 3 heterocycles. The van der Waals surface area contributed by atoms with Crippen molar-refractivity contribution < 1.29 is 0 Å². The summed E-state index contributed by atoms with van der Waals surface area (Å²) in [6, 6.07) is 43.9. The number of dihydropyridines is 1. The summed E-state index contributed by atoms with van der Waals surface area (Å²) in [5, 5.41) is 24.8. The average Bonchev–Trinajstić information content (AvgIpc) is 3.56. The lowest BCUT2D eigenvalue weighted by atomic mass is 9.76. The zero-order chi connectivity index (χ0) is 32.9. The molecule has 0 saturated carbocycles. The molecule has 5 aromatic carbocycles. The number of hydrogen-bond donors (Lipinski definition) is 1. The van der Waals surface area contributed by atoms with Gasteiger partial charge in [0, 0.05) is 52.3 Å². The van der Waals surface area contributed by atoms with Gasteiger partial charge in [0.05, 0.1) is 11.6 Å². The summed E-state index contributed by atoms with van der Waals surface area (Å²) >= 11 is 1.97. The molecule has 2 atom stereocenters. The number of benzene rings is 5. The van der Waals surface area contributed by atoms with Crippen LogP contribution < -0.4 is 5.32 Å². The SMILES string of the molecule is N#CC1=CC(c2ccc(-c3cc4c(c5ccccc35)C3c5ccccc5C(c5ccc(-c6cncc(C#N)c6)cc5)=CC3S4)cc2)=CNC1. The minimum atomic E-state index is 0.257. The molecule has 0 saturated heterocycles. The van der Waals surface area contributed by atoms with Crippen LogP contribution in [0.15, 0.2) is 150 Å². The predicted molar refractivity (Wildman–Crippen MR) is 198 cm³/mol. The first kappa shape index (κ1) is 29.0. The molecule has 1 N–H and O–H groups in total. The third kappa shape index (κ3) is 4.95. The smallest absolute Gasteiger partial charge is 0.101 e. The van der Waals surface area contributed by atoms with Crippen molar-refractivity contribution >= 4 is 33.7 Å². The Labute approximate surface area is 289 Å². The molecular weight excluding hydrogens is 617 g/mol. The third-order valence-corrected chi connectivity index (χ3v) is 11.1. The normalized spacial score (nSPS) is 17.3. The van der Waals surface area contributed by atoms with Crippen molar-refractivity contribution in [1.82, 2.24) is 10.3 Å². The number of nitrogens with one attached hydrogen (secondary N) is 1. The molecule has 9 rings (SSSR count). The Balaban J connectivity index is 1.11. The zero-order valence-corrected chi connectivity index (χ0v) is 27.2. The molecule has 49 heavy (non-hydrogen) atoms. The monoisotopic (exact) mass is 644 g/mol. The fraction of sp³-hybridized carbons (Fsp3) is 0.0682. The van der Waals surface area contributed by atoms with Gasteiger partial charge in [0.2, 0.25) is 0 Å². The maximum atomic E-state index is 9.39. The molecule has 3 aliphatic rings. The molecule has 0 amide bonds. The number of hydrogen-bond acceptors (Lipinski definition) is 5. The van der Waals surface area contributed by atoms with E-state index in [-0.39, 0.29) is 11.2 Å². The van der Waals surface area contributed by atoms with Crippen LogP contribution in [0.2, 0.25) is 0 Å². The summed E-state index contributed by atoms with van der Waals surface area (Å²) in [5.41, 5.74) is 14.3. The summed E-state index contributed by atoms with van der Waals surface area (Å²) in [6.45, 7) is 0.573. The fourth-order valence-electron chi connectivity index (χ4n) is 7.52. The first-order valence-corrected chi connectivity index (χ1v) is 17.2. The Morgan fingerprint density at radius 1 is 0.694 bits per heavy atom. The van der Waals surface area contributed by atoms with Crippen molar-refractivity contribution in [2.24, 2.45) is 0 Å². The lowest BCUT2D eigenvalue weighted by molar-refractivity contribution is 0.848. The Morgan fingerprint density at radius 2 is 1.43 bits per heavy atom. The minimum Gasteiger partial charge on any atom is -0.386 e. The molecule has 4 nitrogen and oxygen atoms in total. The van der Waals surface area contributed by atoms with E-state index >= 15 is 0 Å². The predicted octanol–water partition coefficient (Wildman–Crippen LogP) is 9.89. The van der Waals surface area contributed by atoms with Crippen LogP contribution in [-0.2, 0) is 0 Å². The van der Waals surface area contributed by atoms with Gasteiger partial charge in [-0.2, -0.15) is 10.5 Å². The first-order chi connectivity index (χ1) is 24.2. The van der Waals surface area contributed by atoms with Crippen LogP contribution in [-0.4, -0.2) is 16.8 Å². The second-order valence-corrected chi connectivity index (χ2v) is 13.8. The second kappa shape index (κ2) is 11.8. The third-order valence-electron chi connectivity index (χ3n) is 9.82. The van der Waals surface area contributed by atoms with Crippen LogP contribution >= 0.6 is 11.8 Å². The van der Waals surface area contributed by atoms with Gasteiger partial charge in [-0.05, 0) is 84.6 Å².